The van der Waals surface area contributed by atoms with Crippen molar-refractivity contribution in [2.75, 3.05) is 34.3 Å². The lowest BCUT2D eigenvalue weighted by Crippen LogP contribution is -2.49. The van der Waals surface area contributed by atoms with Gasteiger partial charge in [0.05, 0.1) is 0 Å². The number of likely N-dealkylation sites (tertiary alicyclic amines) is 1. The van der Waals surface area contributed by atoms with E-state index in [0.717, 1.165) is 0 Å². The maximum Gasteiger partial charge on any atom is 0.114 e. The maximum atomic E-state index is 5.58. The molecule has 3 nitrogen and oxygen atoms in total. The zero-order chi connectivity index (χ0) is 17.5. The van der Waals surface area contributed by atoms with Crippen LogP contribution in [0, 0.1) is 11.5 Å². The first kappa shape index (κ1) is 17.5. The second-order valence-electron chi connectivity index (χ2n) is 8.74. The van der Waals surface area contributed by atoms with Gasteiger partial charge < -0.3 is 4.74 Å². The van der Waals surface area contributed by atoms with Gasteiger partial charge in [0.2, 0.25) is 0 Å². The molecule has 1 atom stereocenters. The first-order valence-electron chi connectivity index (χ1n) is 9.95. The highest BCUT2D eigenvalue weighted by Gasteiger charge is 2.50. The van der Waals surface area contributed by atoms with Gasteiger partial charge in [-0.15, -0.1) is 0 Å². The largest absolute Gasteiger partial charge is 0.374 e. The number of benzene rings is 1. The highest BCUT2D eigenvalue weighted by atomic mass is 16.5. The third-order valence-electron chi connectivity index (χ3n) is 7.51. The molecule has 3 aliphatic rings. The van der Waals surface area contributed by atoms with Crippen LogP contribution in [0.5, 0.6) is 0 Å². The summed E-state index contributed by atoms with van der Waals surface area (Å²) in [7, 11) is 6.37. The summed E-state index contributed by atoms with van der Waals surface area (Å²) < 4.78 is 5.58. The van der Waals surface area contributed by atoms with Gasteiger partial charge in [-0.05, 0) is 76.6 Å². The van der Waals surface area contributed by atoms with Crippen LogP contribution < -0.4 is 0 Å². The Bertz CT molecular complexity index is 575. The second kappa shape index (κ2) is 6.68. The summed E-state index contributed by atoms with van der Waals surface area (Å²) in [6.07, 6.45) is 10.4. The van der Waals surface area contributed by atoms with E-state index in [2.05, 4.69) is 54.2 Å². The van der Waals surface area contributed by atoms with Gasteiger partial charge in [-0.1, -0.05) is 30.3 Å². The Morgan fingerprint density at radius 2 is 1.76 bits per heavy atom. The van der Waals surface area contributed by atoms with E-state index >= 15 is 0 Å². The molecular weight excluding hydrogens is 308 g/mol. The lowest BCUT2D eigenvalue weighted by molar-refractivity contribution is 0.0161. The van der Waals surface area contributed by atoms with E-state index in [1.54, 1.807) is 0 Å². The van der Waals surface area contributed by atoms with Gasteiger partial charge in [-0.25, -0.2) is 0 Å². The molecule has 0 aromatic heterocycles. The molecular formula is C22H33N2O. The number of hydrogen-bond donors (Lipinski definition) is 0. The molecule has 1 spiro atoms. The zero-order valence-corrected chi connectivity index (χ0v) is 16.1. The first-order valence-corrected chi connectivity index (χ1v) is 9.95. The first-order chi connectivity index (χ1) is 12.1. The third-order valence-corrected chi connectivity index (χ3v) is 7.51. The SMILES string of the molecule is CO[C]1CCC1N1CCC2(CCC(c3ccccc3)(N(C)C)CC2)C1. The average Bonchev–Trinajstić information content (AvgIpc) is 2.99. The third kappa shape index (κ3) is 2.94. The molecule has 2 saturated carbocycles. The predicted octanol–water partition coefficient (Wildman–Crippen LogP) is 4.05. The van der Waals surface area contributed by atoms with Crippen molar-refractivity contribution in [3.63, 3.8) is 0 Å². The summed E-state index contributed by atoms with van der Waals surface area (Å²) in [5.41, 5.74) is 2.27. The van der Waals surface area contributed by atoms with Crippen molar-refractivity contribution >= 4 is 0 Å². The monoisotopic (exact) mass is 341 g/mol. The number of nitrogens with zero attached hydrogens (tertiary/aromatic N) is 2. The Hall–Kier alpha value is -0.900. The normalized spacial score (nSPS) is 36.9. The molecule has 4 rings (SSSR count). The number of rotatable bonds is 4. The molecule has 3 heteroatoms. The van der Waals surface area contributed by atoms with E-state index in [4.69, 9.17) is 4.74 Å². The fraction of sp³-hybridized carbons (Fsp3) is 0.682. The molecule has 1 aromatic carbocycles. The van der Waals surface area contributed by atoms with E-state index in [1.807, 2.05) is 7.11 Å². The van der Waals surface area contributed by atoms with Crippen molar-refractivity contribution in [1.82, 2.24) is 9.80 Å². The zero-order valence-electron chi connectivity index (χ0n) is 16.1. The van der Waals surface area contributed by atoms with Crippen molar-refractivity contribution in [3.05, 3.63) is 42.0 Å². The fourth-order valence-corrected chi connectivity index (χ4v) is 5.60. The quantitative estimate of drug-likeness (QED) is 0.822. The molecule has 1 saturated heterocycles. The maximum absolute atomic E-state index is 5.58. The van der Waals surface area contributed by atoms with Crippen molar-refractivity contribution in [2.45, 2.75) is 56.5 Å². The van der Waals surface area contributed by atoms with Crippen LogP contribution >= 0.6 is 0 Å². The van der Waals surface area contributed by atoms with Gasteiger partial charge in [0.25, 0.3) is 0 Å². The van der Waals surface area contributed by atoms with E-state index in [9.17, 15) is 0 Å². The minimum absolute atomic E-state index is 0.222. The van der Waals surface area contributed by atoms with Gasteiger partial charge in [-0.3, -0.25) is 9.80 Å². The van der Waals surface area contributed by atoms with Gasteiger partial charge in [0.1, 0.15) is 6.10 Å². The smallest absolute Gasteiger partial charge is 0.114 e. The van der Waals surface area contributed by atoms with Crippen LogP contribution in [-0.2, 0) is 10.3 Å². The highest BCUT2D eigenvalue weighted by Crippen LogP contribution is 2.53. The molecule has 1 unspecified atom stereocenters. The number of hydrogen-bond acceptors (Lipinski definition) is 3. The lowest BCUT2D eigenvalue weighted by atomic mass is 9.64. The van der Waals surface area contributed by atoms with Crippen LogP contribution in [0.25, 0.3) is 0 Å². The Kier molecular flexibility index (Phi) is 4.68. The predicted molar refractivity (Wildman–Crippen MR) is 102 cm³/mol. The Balaban J connectivity index is 1.46. The molecule has 3 fully saturated rings. The molecule has 0 N–H and O–H groups in total. The van der Waals surface area contributed by atoms with E-state index < -0.39 is 0 Å². The van der Waals surface area contributed by atoms with Crippen molar-refractivity contribution < 1.29 is 4.74 Å². The van der Waals surface area contributed by atoms with Crippen LogP contribution in [0.2, 0.25) is 0 Å². The molecule has 137 valence electrons. The van der Waals surface area contributed by atoms with Crippen molar-refractivity contribution in [2.24, 2.45) is 5.41 Å². The molecule has 1 heterocycles. The van der Waals surface area contributed by atoms with Gasteiger partial charge >= 0.3 is 0 Å². The van der Waals surface area contributed by atoms with Gasteiger partial charge in [-0.2, -0.15) is 0 Å². The Morgan fingerprint density at radius 3 is 2.32 bits per heavy atom. The van der Waals surface area contributed by atoms with Gasteiger partial charge in [0, 0.05) is 25.2 Å². The molecule has 1 radical (unpaired) electrons. The summed E-state index contributed by atoms with van der Waals surface area (Å²) in [5.74, 6) is 0. The van der Waals surface area contributed by atoms with E-state index in [-0.39, 0.29) is 5.54 Å². The molecule has 1 aliphatic heterocycles. The second-order valence-corrected chi connectivity index (χ2v) is 8.74. The summed E-state index contributed by atoms with van der Waals surface area (Å²) in [6.45, 7) is 2.54. The average molecular weight is 342 g/mol. The molecule has 2 aliphatic carbocycles. The van der Waals surface area contributed by atoms with Crippen LogP contribution in [0.1, 0.15) is 50.5 Å². The van der Waals surface area contributed by atoms with Crippen LogP contribution in [0.3, 0.4) is 0 Å². The van der Waals surface area contributed by atoms with E-state index in [1.165, 1.54) is 69.7 Å². The van der Waals surface area contributed by atoms with Crippen molar-refractivity contribution in [3.8, 4) is 0 Å². The summed E-state index contributed by atoms with van der Waals surface area (Å²) in [4.78, 5) is 5.19. The highest BCUT2D eigenvalue weighted by molar-refractivity contribution is 5.26. The minimum Gasteiger partial charge on any atom is -0.374 e. The van der Waals surface area contributed by atoms with Crippen LogP contribution in [0.4, 0.5) is 0 Å². The van der Waals surface area contributed by atoms with Gasteiger partial charge in [0.15, 0.2) is 0 Å². The Labute approximate surface area is 153 Å². The Morgan fingerprint density at radius 1 is 1.04 bits per heavy atom. The molecule has 1 aromatic rings. The minimum atomic E-state index is 0.222. The topological polar surface area (TPSA) is 15.7 Å². The van der Waals surface area contributed by atoms with E-state index in [0.29, 0.717) is 11.5 Å². The summed E-state index contributed by atoms with van der Waals surface area (Å²) in [5, 5.41) is 0. The lowest BCUT2D eigenvalue weighted by Gasteiger charge is -2.49. The fourth-order valence-electron chi connectivity index (χ4n) is 5.60. The number of ether oxygens (including phenoxy) is 1. The summed E-state index contributed by atoms with van der Waals surface area (Å²) in [6, 6.07) is 11.8. The molecule has 0 bridgehead atoms. The standard InChI is InChI=1S/C22H33N2O/c1-23(2)22(18-7-5-4-6-8-18)13-11-21(12-14-22)15-16-24(17-21)19-9-10-20(19)25-3/h4-8,19H,9-17H2,1-3H3. The molecule has 0 amide bonds. The summed E-state index contributed by atoms with van der Waals surface area (Å²) >= 11 is 0. The number of methoxy groups -OCH3 is 1. The van der Waals surface area contributed by atoms with Crippen LogP contribution in [-0.4, -0.2) is 50.1 Å². The van der Waals surface area contributed by atoms with Crippen molar-refractivity contribution in [1.29, 1.82) is 0 Å². The molecule has 25 heavy (non-hydrogen) atoms. The van der Waals surface area contributed by atoms with Crippen LogP contribution in [0.15, 0.2) is 30.3 Å².